The van der Waals surface area contributed by atoms with Gasteiger partial charge in [0.15, 0.2) is 11.6 Å². The molecular formula is C15H11F2N. The topological polar surface area (TPSA) is 4.41 Å². The van der Waals surface area contributed by atoms with E-state index in [4.69, 9.17) is 0 Å². The lowest BCUT2D eigenvalue weighted by atomic mass is 10.1. The maximum Gasteiger partial charge on any atom is 0.159 e. The van der Waals surface area contributed by atoms with E-state index in [2.05, 4.69) is 0 Å². The predicted molar refractivity (Wildman–Crippen MR) is 67.5 cm³/mol. The highest BCUT2D eigenvalue weighted by molar-refractivity contribution is 5.66. The van der Waals surface area contributed by atoms with Gasteiger partial charge in [-0.05, 0) is 48.4 Å². The normalized spacial score (nSPS) is 11.1. The van der Waals surface area contributed by atoms with Crippen LogP contribution in [0.15, 0.2) is 48.7 Å². The van der Waals surface area contributed by atoms with Crippen LogP contribution in [-0.2, 0) is 0 Å². The van der Waals surface area contributed by atoms with Crippen LogP contribution in [0.2, 0.25) is 0 Å². The zero-order valence-corrected chi connectivity index (χ0v) is 9.82. The van der Waals surface area contributed by atoms with Crippen LogP contribution in [0.1, 0.15) is 5.69 Å². The van der Waals surface area contributed by atoms with Crippen LogP contribution in [0.3, 0.4) is 0 Å². The van der Waals surface area contributed by atoms with Crippen LogP contribution in [0.5, 0.6) is 0 Å². The van der Waals surface area contributed by atoms with Crippen LogP contribution in [0.25, 0.3) is 16.6 Å². The van der Waals surface area contributed by atoms with Gasteiger partial charge < -0.3 is 4.40 Å². The van der Waals surface area contributed by atoms with E-state index in [-0.39, 0.29) is 0 Å². The van der Waals surface area contributed by atoms with E-state index in [9.17, 15) is 8.78 Å². The van der Waals surface area contributed by atoms with Gasteiger partial charge in [0.25, 0.3) is 0 Å². The highest BCUT2D eigenvalue weighted by Crippen LogP contribution is 2.23. The van der Waals surface area contributed by atoms with Gasteiger partial charge in [0.05, 0.1) is 0 Å². The number of rotatable bonds is 1. The molecule has 0 radical (unpaired) electrons. The molecule has 0 amide bonds. The Kier molecular flexibility index (Phi) is 2.40. The Morgan fingerprint density at radius 3 is 2.33 bits per heavy atom. The van der Waals surface area contributed by atoms with Gasteiger partial charge in [-0.25, -0.2) is 8.78 Å². The molecule has 0 unspecified atom stereocenters. The van der Waals surface area contributed by atoms with Gasteiger partial charge in [-0.1, -0.05) is 12.1 Å². The number of fused-ring (bicyclic) bond motifs is 1. The fourth-order valence-electron chi connectivity index (χ4n) is 2.09. The molecule has 1 nitrogen and oxygen atoms in total. The summed E-state index contributed by atoms with van der Waals surface area (Å²) < 4.78 is 28.1. The average molecular weight is 243 g/mol. The summed E-state index contributed by atoms with van der Waals surface area (Å²) in [5.74, 6) is -1.64. The molecule has 90 valence electrons. The lowest BCUT2D eigenvalue weighted by molar-refractivity contribution is 0.509. The van der Waals surface area contributed by atoms with E-state index in [1.807, 2.05) is 41.8 Å². The van der Waals surface area contributed by atoms with Crippen molar-refractivity contribution in [3.8, 4) is 11.1 Å². The fraction of sp³-hybridized carbons (Fsp3) is 0.0667. The monoisotopic (exact) mass is 243 g/mol. The number of aryl methyl sites for hydroxylation is 1. The van der Waals surface area contributed by atoms with Crippen molar-refractivity contribution in [1.82, 2.24) is 4.40 Å². The second-order valence-electron chi connectivity index (χ2n) is 4.32. The summed E-state index contributed by atoms with van der Waals surface area (Å²) in [6.45, 7) is 2.00. The van der Waals surface area contributed by atoms with Gasteiger partial charge in [-0.3, -0.25) is 0 Å². The van der Waals surface area contributed by atoms with Crippen molar-refractivity contribution >= 4 is 5.52 Å². The maximum absolute atomic E-state index is 13.2. The molecule has 0 spiro atoms. The van der Waals surface area contributed by atoms with Gasteiger partial charge in [-0.2, -0.15) is 0 Å². The van der Waals surface area contributed by atoms with E-state index < -0.39 is 11.6 Å². The third kappa shape index (κ3) is 1.68. The zero-order chi connectivity index (χ0) is 12.7. The van der Waals surface area contributed by atoms with E-state index in [0.717, 1.165) is 22.8 Å². The van der Waals surface area contributed by atoms with E-state index >= 15 is 0 Å². The first-order chi connectivity index (χ1) is 8.65. The summed E-state index contributed by atoms with van der Waals surface area (Å²) in [4.78, 5) is 0. The molecule has 3 aromatic rings. The molecule has 2 aromatic heterocycles. The number of pyridine rings is 1. The number of benzene rings is 1. The molecule has 1 aromatic carbocycles. The maximum atomic E-state index is 13.2. The predicted octanol–water partition coefficient (Wildman–Crippen LogP) is 4.19. The van der Waals surface area contributed by atoms with Crippen molar-refractivity contribution in [2.75, 3.05) is 0 Å². The summed E-state index contributed by atoms with van der Waals surface area (Å²) in [5.41, 5.74) is 3.72. The van der Waals surface area contributed by atoms with E-state index in [1.54, 1.807) is 6.07 Å². The quantitative estimate of drug-likeness (QED) is 0.603. The third-order valence-electron chi connectivity index (χ3n) is 3.11. The van der Waals surface area contributed by atoms with Crippen molar-refractivity contribution in [2.45, 2.75) is 6.92 Å². The molecule has 0 aliphatic carbocycles. The second kappa shape index (κ2) is 3.95. The summed E-state index contributed by atoms with van der Waals surface area (Å²) in [7, 11) is 0. The Morgan fingerprint density at radius 1 is 0.833 bits per heavy atom. The van der Waals surface area contributed by atoms with Gasteiger partial charge in [0.1, 0.15) is 0 Å². The van der Waals surface area contributed by atoms with Crippen molar-refractivity contribution in [3.05, 3.63) is 66.0 Å². The molecular weight excluding hydrogens is 232 g/mol. The highest BCUT2D eigenvalue weighted by Gasteiger charge is 2.05. The number of aromatic nitrogens is 1. The number of hydrogen-bond acceptors (Lipinski definition) is 0. The molecule has 0 atom stereocenters. The van der Waals surface area contributed by atoms with Crippen molar-refractivity contribution < 1.29 is 8.78 Å². The molecule has 0 saturated carbocycles. The molecule has 0 aliphatic heterocycles. The minimum absolute atomic E-state index is 0.670. The fourth-order valence-corrected chi connectivity index (χ4v) is 2.09. The van der Waals surface area contributed by atoms with Crippen LogP contribution < -0.4 is 0 Å². The Balaban J connectivity index is 2.18. The van der Waals surface area contributed by atoms with Crippen LogP contribution in [0.4, 0.5) is 8.78 Å². The minimum atomic E-state index is -0.822. The molecule has 0 saturated heterocycles. The van der Waals surface area contributed by atoms with Crippen LogP contribution in [-0.4, -0.2) is 4.40 Å². The zero-order valence-electron chi connectivity index (χ0n) is 9.82. The second-order valence-corrected chi connectivity index (χ2v) is 4.32. The number of halogens is 2. The Bertz CT molecular complexity index is 728. The summed E-state index contributed by atoms with van der Waals surface area (Å²) >= 11 is 0. The minimum Gasteiger partial charge on any atom is -0.321 e. The molecule has 3 heteroatoms. The lowest BCUT2D eigenvalue weighted by Crippen LogP contribution is -1.90. The number of hydrogen-bond donors (Lipinski definition) is 0. The van der Waals surface area contributed by atoms with Gasteiger partial charge in [0, 0.05) is 17.4 Å². The van der Waals surface area contributed by atoms with Gasteiger partial charge >= 0.3 is 0 Å². The Labute approximate surface area is 103 Å². The first-order valence-corrected chi connectivity index (χ1v) is 5.68. The Hall–Kier alpha value is -2.16. The van der Waals surface area contributed by atoms with E-state index in [0.29, 0.717) is 5.56 Å². The molecule has 0 aliphatic rings. The summed E-state index contributed by atoms with van der Waals surface area (Å²) in [5, 5.41) is 0. The largest absolute Gasteiger partial charge is 0.321 e. The first kappa shape index (κ1) is 11.0. The van der Waals surface area contributed by atoms with Gasteiger partial charge in [0.2, 0.25) is 0 Å². The lowest BCUT2D eigenvalue weighted by Gasteiger charge is -2.05. The van der Waals surface area contributed by atoms with Crippen LogP contribution in [0, 0.1) is 18.6 Å². The molecule has 18 heavy (non-hydrogen) atoms. The average Bonchev–Trinajstić information content (AvgIpc) is 2.74. The van der Waals surface area contributed by atoms with Gasteiger partial charge in [-0.15, -0.1) is 0 Å². The summed E-state index contributed by atoms with van der Waals surface area (Å²) in [6, 6.07) is 11.9. The standard InChI is InChI=1S/C15H11F2N/c1-10-2-5-13-6-3-12(9-18(10)13)11-4-7-14(16)15(17)8-11/h2-9H,1H3. The first-order valence-electron chi connectivity index (χ1n) is 5.68. The van der Waals surface area contributed by atoms with Crippen molar-refractivity contribution in [2.24, 2.45) is 0 Å². The van der Waals surface area contributed by atoms with Crippen molar-refractivity contribution in [3.63, 3.8) is 0 Å². The van der Waals surface area contributed by atoms with E-state index in [1.165, 1.54) is 6.07 Å². The highest BCUT2D eigenvalue weighted by atomic mass is 19.2. The van der Waals surface area contributed by atoms with Crippen LogP contribution >= 0.6 is 0 Å². The smallest absolute Gasteiger partial charge is 0.159 e. The SMILES string of the molecule is Cc1ccc2ccc(-c3ccc(F)c(F)c3)cn12. The molecule has 3 rings (SSSR count). The molecule has 0 N–H and O–H groups in total. The number of nitrogens with zero attached hydrogens (tertiary/aromatic N) is 1. The third-order valence-corrected chi connectivity index (χ3v) is 3.11. The Morgan fingerprint density at radius 2 is 1.56 bits per heavy atom. The van der Waals surface area contributed by atoms with Crippen molar-refractivity contribution in [1.29, 1.82) is 0 Å². The summed E-state index contributed by atoms with van der Waals surface area (Å²) in [6.07, 6.45) is 1.93. The molecule has 0 fully saturated rings. The molecule has 2 heterocycles. The molecule has 0 bridgehead atoms.